The van der Waals surface area contributed by atoms with E-state index in [0.717, 1.165) is 4.57 Å². The zero-order valence-electron chi connectivity index (χ0n) is 12.8. The van der Waals surface area contributed by atoms with Gasteiger partial charge in [-0.1, -0.05) is 0 Å². The van der Waals surface area contributed by atoms with E-state index in [2.05, 4.69) is 15.3 Å². The second-order valence-electron chi connectivity index (χ2n) is 4.89. The third-order valence-electron chi connectivity index (χ3n) is 3.34. The summed E-state index contributed by atoms with van der Waals surface area (Å²) < 4.78 is 2.35. The second-order valence-corrected chi connectivity index (χ2v) is 6.80. The van der Waals surface area contributed by atoms with E-state index >= 15 is 0 Å². The molecule has 0 bridgehead atoms. The van der Waals surface area contributed by atoms with Crippen LogP contribution in [0.3, 0.4) is 0 Å². The molecule has 0 fully saturated rings. The van der Waals surface area contributed by atoms with Crippen LogP contribution >= 0.6 is 23.1 Å². The summed E-state index contributed by atoms with van der Waals surface area (Å²) in [7, 11) is 2.97. The molecule has 0 aliphatic rings. The average Bonchev–Trinajstić information content (AvgIpc) is 3.08. The molecule has 0 atom stereocenters. The Kier molecular flexibility index (Phi) is 4.49. The lowest BCUT2D eigenvalue weighted by Crippen LogP contribution is -2.37. The number of aromatic nitrogens is 4. The van der Waals surface area contributed by atoms with Crippen molar-refractivity contribution < 1.29 is 4.79 Å². The Labute approximate surface area is 144 Å². The molecule has 0 aromatic carbocycles. The molecule has 10 heteroatoms. The maximum absolute atomic E-state index is 12.4. The predicted octanol–water partition coefficient (Wildman–Crippen LogP) is 0.819. The Morgan fingerprint density at radius 2 is 2.04 bits per heavy atom. The van der Waals surface area contributed by atoms with Crippen LogP contribution in [0.15, 0.2) is 38.3 Å². The maximum atomic E-state index is 12.4. The molecule has 3 aromatic heterocycles. The lowest BCUT2D eigenvalue weighted by Gasteiger charge is -2.09. The monoisotopic (exact) mass is 363 g/mol. The van der Waals surface area contributed by atoms with Gasteiger partial charge in [0.25, 0.3) is 5.56 Å². The molecule has 3 aromatic rings. The summed E-state index contributed by atoms with van der Waals surface area (Å²) in [6.45, 7) is 0. The fourth-order valence-electron chi connectivity index (χ4n) is 2.16. The zero-order chi connectivity index (χ0) is 17.3. The van der Waals surface area contributed by atoms with E-state index in [1.165, 1.54) is 40.9 Å². The van der Waals surface area contributed by atoms with Crippen molar-refractivity contribution in [1.29, 1.82) is 0 Å². The smallest absolute Gasteiger partial charge is 0.301 e. The topological polar surface area (TPSA) is 98.9 Å². The lowest BCUT2D eigenvalue weighted by atomic mass is 10.3. The van der Waals surface area contributed by atoms with Crippen molar-refractivity contribution in [1.82, 2.24) is 19.1 Å². The summed E-state index contributed by atoms with van der Waals surface area (Å²) in [5, 5.41) is 5.30. The molecule has 0 radical (unpaired) electrons. The number of nitrogens with zero attached hydrogens (tertiary/aromatic N) is 4. The van der Waals surface area contributed by atoms with Gasteiger partial charge in [0.2, 0.25) is 5.91 Å². The fourth-order valence-corrected chi connectivity index (χ4v) is 3.55. The van der Waals surface area contributed by atoms with Crippen molar-refractivity contribution in [2.24, 2.45) is 14.1 Å². The first-order valence-corrected chi connectivity index (χ1v) is 8.72. The number of carbonyl (C=O) groups excluding carboxylic acids is 1. The van der Waals surface area contributed by atoms with Crippen LogP contribution in [0.2, 0.25) is 0 Å². The van der Waals surface area contributed by atoms with E-state index in [9.17, 15) is 14.4 Å². The molecule has 1 N–H and O–H groups in total. The first kappa shape index (κ1) is 16.4. The summed E-state index contributed by atoms with van der Waals surface area (Å²) in [5.41, 5.74) is -0.568. The van der Waals surface area contributed by atoms with Gasteiger partial charge in [-0.2, -0.15) is 0 Å². The van der Waals surface area contributed by atoms with E-state index in [-0.39, 0.29) is 11.7 Å². The quantitative estimate of drug-likeness (QED) is 0.689. The summed E-state index contributed by atoms with van der Waals surface area (Å²) in [6.07, 6.45) is 3.12. The average molecular weight is 363 g/mol. The highest BCUT2D eigenvalue weighted by molar-refractivity contribution is 8.00. The molecule has 8 nitrogen and oxygen atoms in total. The molecule has 0 spiro atoms. The van der Waals surface area contributed by atoms with Crippen LogP contribution in [0.5, 0.6) is 0 Å². The number of thioether (sulfide) groups is 1. The molecule has 0 aliphatic heterocycles. The summed E-state index contributed by atoms with van der Waals surface area (Å²) in [4.78, 5) is 45.1. The van der Waals surface area contributed by atoms with E-state index in [1.807, 2.05) is 0 Å². The second kappa shape index (κ2) is 6.57. The summed E-state index contributed by atoms with van der Waals surface area (Å²) in [5.74, 6) is -0.105. The SMILES string of the molecule is Cn1c(=O)c2c(SCC(=O)Nc3nccs3)ccnc2n(C)c1=O. The number of pyridine rings is 1. The van der Waals surface area contributed by atoms with Crippen LogP contribution < -0.4 is 16.6 Å². The number of hydrogen-bond acceptors (Lipinski definition) is 7. The highest BCUT2D eigenvalue weighted by Gasteiger charge is 2.15. The van der Waals surface area contributed by atoms with E-state index < -0.39 is 11.2 Å². The molecule has 124 valence electrons. The number of rotatable bonds is 4. The molecule has 0 unspecified atom stereocenters. The zero-order valence-corrected chi connectivity index (χ0v) is 14.5. The van der Waals surface area contributed by atoms with Gasteiger partial charge in [0.15, 0.2) is 5.13 Å². The van der Waals surface area contributed by atoms with Gasteiger partial charge < -0.3 is 5.32 Å². The number of thiazole rings is 1. The minimum atomic E-state index is -0.441. The van der Waals surface area contributed by atoms with Gasteiger partial charge >= 0.3 is 5.69 Å². The predicted molar refractivity (Wildman–Crippen MR) is 93.7 cm³/mol. The van der Waals surface area contributed by atoms with Gasteiger partial charge in [0.05, 0.1) is 11.1 Å². The fraction of sp³-hybridized carbons (Fsp3) is 0.214. The van der Waals surface area contributed by atoms with Crippen molar-refractivity contribution >= 4 is 45.2 Å². The van der Waals surface area contributed by atoms with Gasteiger partial charge in [-0.15, -0.1) is 23.1 Å². The Hall–Kier alpha value is -2.46. The highest BCUT2D eigenvalue weighted by Crippen LogP contribution is 2.23. The number of carbonyl (C=O) groups is 1. The number of amides is 1. The first-order chi connectivity index (χ1) is 11.5. The molecular weight excluding hydrogens is 350 g/mol. The largest absolute Gasteiger partial charge is 0.332 e. The van der Waals surface area contributed by atoms with Gasteiger partial charge in [0.1, 0.15) is 5.65 Å². The van der Waals surface area contributed by atoms with Gasteiger partial charge in [-0.3, -0.25) is 18.7 Å². The third-order valence-corrected chi connectivity index (χ3v) is 5.09. The van der Waals surface area contributed by atoms with Gasteiger partial charge in [0, 0.05) is 36.8 Å². The van der Waals surface area contributed by atoms with Crippen molar-refractivity contribution in [3.63, 3.8) is 0 Å². The standard InChI is InChI=1S/C14H13N5O3S2/c1-18-11-10(12(21)19(2)14(18)22)8(3-4-15-11)24-7-9(20)17-13-16-5-6-23-13/h3-6H,7H2,1-2H3,(H,16,17,20). The number of hydrogen-bond donors (Lipinski definition) is 1. The first-order valence-electron chi connectivity index (χ1n) is 6.86. The molecule has 3 heterocycles. The molecule has 0 aliphatic carbocycles. The molecule has 0 saturated heterocycles. The molecule has 0 saturated carbocycles. The van der Waals surface area contributed by atoms with Crippen molar-refractivity contribution in [2.75, 3.05) is 11.1 Å². The van der Waals surface area contributed by atoms with Crippen molar-refractivity contribution in [2.45, 2.75) is 4.90 Å². The molecule has 3 rings (SSSR count). The van der Waals surface area contributed by atoms with E-state index in [1.54, 1.807) is 24.7 Å². The Bertz CT molecular complexity index is 1020. The lowest BCUT2D eigenvalue weighted by molar-refractivity contribution is -0.113. The molecular formula is C14H13N5O3S2. The van der Waals surface area contributed by atoms with Crippen LogP contribution in [-0.4, -0.2) is 30.8 Å². The van der Waals surface area contributed by atoms with Gasteiger partial charge in [-0.05, 0) is 6.07 Å². The van der Waals surface area contributed by atoms with Crippen LogP contribution in [0.1, 0.15) is 0 Å². The molecule has 24 heavy (non-hydrogen) atoms. The highest BCUT2D eigenvalue weighted by atomic mass is 32.2. The van der Waals surface area contributed by atoms with Crippen LogP contribution in [0.25, 0.3) is 11.0 Å². The van der Waals surface area contributed by atoms with E-state index in [0.29, 0.717) is 21.1 Å². The number of nitrogens with one attached hydrogen (secondary N) is 1. The summed E-state index contributed by atoms with van der Waals surface area (Å²) in [6, 6.07) is 1.66. The van der Waals surface area contributed by atoms with Crippen LogP contribution in [0, 0.1) is 0 Å². The van der Waals surface area contributed by atoms with Crippen molar-refractivity contribution in [3.05, 3.63) is 44.7 Å². The van der Waals surface area contributed by atoms with Crippen LogP contribution in [0.4, 0.5) is 5.13 Å². The molecule has 1 amide bonds. The minimum Gasteiger partial charge on any atom is -0.301 e. The van der Waals surface area contributed by atoms with Crippen molar-refractivity contribution in [3.8, 4) is 0 Å². The van der Waals surface area contributed by atoms with Gasteiger partial charge in [-0.25, -0.2) is 14.8 Å². The minimum absolute atomic E-state index is 0.116. The number of anilines is 1. The van der Waals surface area contributed by atoms with Crippen LogP contribution in [-0.2, 0) is 18.9 Å². The Balaban J connectivity index is 1.91. The number of aryl methyl sites for hydroxylation is 1. The van der Waals surface area contributed by atoms with E-state index in [4.69, 9.17) is 0 Å². The maximum Gasteiger partial charge on any atom is 0.332 e. The summed E-state index contributed by atoms with van der Waals surface area (Å²) >= 11 is 2.54. The Morgan fingerprint density at radius 1 is 1.25 bits per heavy atom. The number of fused-ring (bicyclic) bond motifs is 1. The Morgan fingerprint density at radius 3 is 2.75 bits per heavy atom. The third kappa shape index (κ3) is 2.97. The normalized spacial score (nSPS) is 10.9.